The first kappa shape index (κ1) is 22.1. The summed E-state index contributed by atoms with van der Waals surface area (Å²) in [6.45, 7) is 3.25. The van der Waals surface area contributed by atoms with Gasteiger partial charge in [0.25, 0.3) is 0 Å². The van der Waals surface area contributed by atoms with E-state index in [2.05, 4.69) is 17.6 Å². The van der Waals surface area contributed by atoms with E-state index >= 15 is 0 Å². The molecule has 1 fully saturated rings. The zero-order valence-corrected chi connectivity index (χ0v) is 18.4. The summed E-state index contributed by atoms with van der Waals surface area (Å²) in [6.07, 6.45) is 4.86. The molecule has 2 aromatic carbocycles. The Morgan fingerprint density at radius 2 is 1.70 bits per heavy atom. The van der Waals surface area contributed by atoms with E-state index in [4.69, 9.17) is 12.2 Å². The van der Waals surface area contributed by atoms with Gasteiger partial charge in [0, 0.05) is 24.9 Å². The van der Waals surface area contributed by atoms with Crippen molar-refractivity contribution in [1.82, 2.24) is 9.62 Å². The predicted octanol–water partition coefficient (Wildman–Crippen LogP) is 3.63. The fourth-order valence-corrected chi connectivity index (χ4v) is 4.82. The summed E-state index contributed by atoms with van der Waals surface area (Å²) < 4.78 is 27.1. The van der Waals surface area contributed by atoms with Crippen LogP contribution in [-0.4, -0.2) is 36.8 Å². The highest BCUT2D eigenvalue weighted by molar-refractivity contribution is 7.89. The van der Waals surface area contributed by atoms with E-state index in [9.17, 15) is 13.2 Å². The molecule has 0 unspecified atom stereocenters. The largest absolute Gasteiger partial charge is 0.332 e. The van der Waals surface area contributed by atoms with Crippen LogP contribution in [0.1, 0.15) is 25.3 Å². The molecule has 0 aliphatic carbocycles. The lowest BCUT2D eigenvalue weighted by atomic mass is 10.0. The number of thiocarbonyl (C=S) groups is 1. The van der Waals surface area contributed by atoms with E-state index in [-0.39, 0.29) is 15.9 Å². The summed E-state index contributed by atoms with van der Waals surface area (Å²) >= 11 is 5.16. The van der Waals surface area contributed by atoms with Crippen LogP contribution in [0.3, 0.4) is 0 Å². The molecule has 1 amide bonds. The van der Waals surface area contributed by atoms with Crippen LogP contribution in [0.5, 0.6) is 0 Å². The molecule has 0 bridgehead atoms. The normalized spacial score (nSPS) is 15.8. The molecule has 30 heavy (non-hydrogen) atoms. The predicted molar refractivity (Wildman–Crippen MR) is 123 cm³/mol. The molecule has 0 radical (unpaired) electrons. The molecule has 8 heteroatoms. The lowest BCUT2D eigenvalue weighted by Crippen LogP contribution is -2.37. The van der Waals surface area contributed by atoms with Gasteiger partial charge in [-0.2, -0.15) is 4.31 Å². The summed E-state index contributed by atoms with van der Waals surface area (Å²) in [4.78, 5) is 12.2. The van der Waals surface area contributed by atoms with Crippen LogP contribution in [0.2, 0.25) is 0 Å². The molecule has 1 heterocycles. The van der Waals surface area contributed by atoms with Crippen molar-refractivity contribution in [1.29, 1.82) is 0 Å². The number of carbonyl (C=O) groups excluding carboxylic acids is 1. The van der Waals surface area contributed by atoms with Crippen LogP contribution in [0.4, 0.5) is 5.69 Å². The second kappa shape index (κ2) is 9.97. The molecule has 0 atom stereocenters. The Morgan fingerprint density at radius 1 is 1.07 bits per heavy atom. The maximum atomic E-state index is 12.8. The first-order valence-corrected chi connectivity index (χ1v) is 11.6. The lowest BCUT2D eigenvalue weighted by molar-refractivity contribution is -0.115. The number of piperidine rings is 1. The third-order valence-electron chi connectivity index (χ3n) is 4.96. The number of rotatable bonds is 5. The van der Waals surface area contributed by atoms with Crippen molar-refractivity contribution < 1.29 is 13.2 Å². The number of hydrogen-bond donors (Lipinski definition) is 2. The third-order valence-corrected chi connectivity index (χ3v) is 7.07. The zero-order valence-electron chi connectivity index (χ0n) is 16.7. The van der Waals surface area contributed by atoms with E-state index in [1.807, 2.05) is 30.3 Å². The van der Waals surface area contributed by atoms with Crippen LogP contribution >= 0.6 is 12.2 Å². The van der Waals surface area contributed by atoms with Crippen molar-refractivity contribution in [3.8, 4) is 0 Å². The highest BCUT2D eigenvalue weighted by Crippen LogP contribution is 2.24. The number of benzene rings is 2. The Kier molecular flexibility index (Phi) is 7.36. The molecular weight excluding hydrogens is 418 g/mol. The Morgan fingerprint density at radius 3 is 2.33 bits per heavy atom. The Bertz CT molecular complexity index is 1010. The first-order valence-electron chi connectivity index (χ1n) is 9.80. The van der Waals surface area contributed by atoms with Crippen LogP contribution in [0, 0.1) is 5.92 Å². The van der Waals surface area contributed by atoms with E-state index in [1.165, 1.54) is 6.08 Å². The first-order chi connectivity index (χ1) is 14.3. The number of hydrogen-bond acceptors (Lipinski definition) is 4. The molecule has 158 valence electrons. The molecule has 0 spiro atoms. The smallest absolute Gasteiger partial charge is 0.250 e. The molecule has 2 N–H and O–H groups in total. The van der Waals surface area contributed by atoms with Crippen molar-refractivity contribution in [3.63, 3.8) is 0 Å². The van der Waals surface area contributed by atoms with Crippen molar-refractivity contribution in [3.05, 3.63) is 66.2 Å². The lowest BCUT2D eigenvalue weighted by Gasteiger charge is -2.29. The fraction of sp³-hybridized carbons (Fsp3) is 0.273. The van der Waals surface area contributed by atoms with Gasteiger partial charge in [0.15, 0.2) is 5.11 Å². The average Bonchev–Trinajstić information content (AvgIpc) is 2.73. The molecule has 1 aliphatic heterocycles. The second-order valence-electron chi connectivity index (χ2n) is 7.30. The van der Waals surface area contributed by atoms with E-state index < -0.39 is 10.0 Å². The monoisotopic (exact) mass is 443 g/mol. The minimum atomic E-state index is -3.49. The SMILES string of the molecule is CC1CCN(S(=O)(=O)c2ccc(NC(=S)NC(=O)/C=C/c3ccccc3)cc2)CC1. The van der Waals surface area contributed by atoms with Crippen LogP contribution < -0.4 is 10.6 Å². The van der Waals surface area contributed by atoms with Gasteiger partial charge in [0.1, 0.15) is 0 Å². The van der Waals surface area contributed by atoms with Crippen molar-refractivity contribution in [2.45, 2.75) is 24.7 Å². The molecule has 1 aliphatic rings. The van der Waals surface area contributed by atoms with Gasteiger partial charge in [0.2, 0.25) is 15.9 Å². The topological polar surface area (TPSA) is 78.5 Å². The van der Waals surface area contributed by atoms with Gasteiger partial charge >= 0.3 is 0 Å². The number of nitrogens with zero attached hydrogens (tertiary/aromatic N) is 1. The fourth-order valence-electron chi connectivity index (χ4n) is 3.14. The molecule has 0 aromatic heterocycles. The second-order valence-corrected chi connectivity index (χ2v) is 9.64. The highest BCUT2D eigenvalue weighted by Gasteiger charge is 2.27. The average molecular weight is 444 g/mol. The molecule has 3 rings (SSSR count). The van der Waals surface area contributed by atoms with Gasteiger partial charge in [-0.3, -0.25) is 10.1 Å². The number of amides is 1. The quantitative estimate of drug-likeness (QED) is 0.545. The van der Waals surface area contributed by atoms with E-state index in [0.717, 1.165) is 18.4 Å². The summed E-state index contributed by atoms with van der Waals surface area (Å²) in [5, 5.41) is 5.60. The number of carbonyl (C=O) groups is 1. The maximum absolute atomic E-state index is 12.8. The standard InChI is InChI=1S/C22H25N3O3S2/c1-17-13-15-25(16-14-17)30(27,28)20-10-8-19(9-11-20)23-22(29)24-21(26)12-7-18-5-3-2-4-6-18/h2-12,17H,13-16H2,1H3,(H2,23,24,26,29)/b12-7+. The van der Waals surface area contributed by atoms with E-state index in [0.29, 0.717) is 24.7 Å². The Hall–Kier alpha value is -2.55. The zero-order chi connectivity index (χ0) is 21.6. The van der Waals surface area contributed by atoms with Crippen molar-refractivity contribution >= 4 is 45.0 Å². The van der Waals surface area contributed by atoms with Crippen LogP contribution in [0.25, 0.3) is 6.08 Å². The van der Waals surface area contributed by atoms with Gasteiger partial charge < -0.3 is 5.32 Å². The molecule has 0 saturated carbocycles. The number of sulfonamides is 1. The van der Waals surface area contributed by atoms with Crippen LogP contribution in [-0.2, 0) is 14.8 Å². The number of anilines is 1. The van der Waals surface area contributed by atoms with Crippen LogP contribution in [0.15, 0.2) is 65.6 Å². The van der Waals surface area contributed by atoms with Gasteiger partial charge in [-0.1, -0.05) is 37.3 Å². The molecule has 2 aromatic rings. The maximum Gasteiger partial charge on any atom is 0.250 e. The van der Waals surface area contributed by atoms with Gasteiger partial charge in [-0.05, 0) is 66.9 Å². The third kappa shape index (κ3) is 5.98. The van der Waals surface area contributed by atoms with Gasteiger partial charge in [0.05, 0.1) is 4.90 Å². The molecular formula is C22H25N3O3S2. The van der Waals surface area contributed by atoms with E-state index in [1.54, 1.807) is 34.6 Å². The summed E-state index contributed by atoms with van der Waals surface area (Å²) in [5.74, 6) is 0.205. The molecule has 1 saturated heterocycles. The Labute approximate surface area is 183 Å². The van der Waals surface area contributed by atoms with Gasteiger partial charge in [-0.25, -0.2) is 8.42 Å². The van der Waals surface area contributed by atoms with Crippen molar-refractivity contribution in [2.24, 2.45) is 5.92 Å². The minimum absolute atomic E-state index is 0.137. The minimum Gasteiger partial charge on any atom is -0.332 e. The summed E-state index contributed by atoms with van der Waals surface area (Å²) in [5.41, 5.74) is 1.50. The Balaban J connectivity index is 1.55. The molecule has 6 nitrogen and oxygen atoms in total. The summed E-state index contributed by atoms with van der Waals surface area (Å²) in [7, 11) is -3.49. The number of nitrogens with one attached hydrogen (secondary N) is 2. The summed E-state index contributed by atoms with van der Waals surface area (Å²) in [6, 6.07) is 15.8. The van der Waals surface area contributed by atoms with Crippen molar-refractivity contribution in [2.75, 3.05) is 18.4 Å². The van der Waals surface area contributed by atoms with Gasteiger partial charge in [-0.15, -0.1) is 0 Å². The highest BCUT2D eigenvalue weighted by atomic mass is 32.2.